The van der Waals surface area contributed by atoms with E-state index in [1.807, 2.05) is 30.3 Å². The largest absolute Gasteiger partial charge is 0.339 e. The van der Waals surface area contributed by atoms with E-state index in [2.05, 4.69) is 10.5 Å². The fourth-order valence-electron chi connectivity index (χ4n) is 2.61. The Morgan fingerprint density at radius 1 is 1.21 bits per heavy atom. The minimum Gasteiger partial charge on any atom is -0.339 e. The zero-order chi connectivity index (χ0) is 13.3. The Hall–Kier alpha value is -2.17. The molecule has 0 aliphatic carbocycles. The molecular weight excluding hydrogens is 242 g/mol. The molecule has 2 aliphatic rings. The molecule has 0 radical (unpaired) electrons. The van der Waals surface area contributed by atoms with E-state index in [1.165, 1.54) is 0 Å². The summed E-state index contributed by atoms with van der Waals surface area (Å²) in [6.45, 7) is 1.18. The minimum atomic E-state index is -0.493. The van der Waals surface area contributed by atoms with Gasteiger partial charge in [-0.2, -0.15) is 5.10 Å². The summed E-state index contributed by atoms with van der Waals surface area (Å²) in [6, 6.07) is 9.24. The SMILES string of the molecule is O=C(c1ccccc1)N1CCC2(C=NNC2=O)CC1. The second-order valence-electron chi connectivity index (χ2n) is 5.01. The Morgan fingerprint density at radius 2 is 1.89 bits per heavy atom. The maximum Gasteiger partial charge on any atom is 0.253 e. The zero-order valence-corrected chi connectivity index (χ0v) is 10.5. The maximum absolute atomic E-state index is 12.3. The van der Waals surface area contributed by atoms with E-state index in [0.29, 0.717) is 31.5 Å². The van der Waals surface area contributed by atoms with Crippen LogP contribution in [0.25, 0.3) is 0 Å². The van der Waals surface area contributed by atoms with Gasteiger partial charge in [0.05, 0.1) is 5.41 Å². The van der Waals surface area contributed by atoms with Crippen molar-refractivity contribution in [2.45, 2.75) is 12.8 Å². The van der Waals surface area contributed by atoms with Crippen LogP contribution in [0.2, 0.25) is 0 Å². The van der Waals surface area contributed by atoms with Gasteiger partial charge in [0.1, 0.15) is 0 Å². The highest BCUT2D eigenvalue weighted by atomic mass is 16.2. The summed E-state index contributed by atoms with van der Waals surface area (Å²) in [5.74, 6) is -0.00916. The number of hydrazone groups is 1. The van der Waals surface area contributed by atoms with E-state index in [-0.39, 0.29) is 11.8 Å². The average Bonchev–Trinajstić information content (AvgIpc) is 2.81. The molecule has 5 heteroatoms. The number of carbonyl (C=O) groups excluding carboxylic acids is 2. The smallest absolute Gasteiger partial charge is 0.253 e. The van der Waals surface area contributed by atoms with Crippen LogP contribution in [-0.2, 0) is 4.79 Å². The van der Waals surface area contributed by atoms with E-state index in [0.717, 1.165) is 0 Å². The molecule has 0 atom stereocenters. The highest BCUT2D eigenvalue weighted by Gasteiger charge is 2.43. The van der Waals surface area contributed by atoms with Crippen LogP contribution in [0.15, 0.2) is 35.4 Å². The van der Waals surface area contributed by atoms with Gasteiger partial charge in [-0.05, 0) is 25.0 Å². The van der Waals surface area contributed by atoms with E-state index >= 15 is 0 Å². The third-order valence-corrected chi connectivity index (χ3v) is 3.89. The number of carbonyl (C=O) groups is 2. The third kappa shape index (κ3) is 2.01. The second-order valence-corrected chi connectivity index (χ2v) is 5.01. The van der Waals surface area contributed by atoms with Crippen LogP contribution in [0.3, 0.4) is 0 Å². The summed E-state index contributed by atoms with van der Waals surface area (Å²) in [7, 11) is 0. The van der Waals surface area contributed by atoms with Gasteiger partial charge in [0.2, 0.25) is 0 Å². The summed E-state index contributed by atoms with van der Waals surface area (Å²) >= 11 is 0. The molecule has 0 bridgehead atoms. The first-order valence-electron chi connectivity index (χ1n) is 6.40. The minimum absolute atomic E-state index is 0.0331. The number of rotatable bonds is 1. The Kier molecular flexibility index (Phi) is 2.81. The molecule has 0 unspecified atom stereocenters. The van der Waals surface area contributed by atoms with Gasteiger partial charge in [0.25, 0.3) is 11.8 Å². The van der Waals surface area contributed by atoms with Gasteiger partial charge in [-0.15, -0.1) is 0 Å². The Morgan fingerprint density at radius 3 is 2.47 bits per heavy atom. The first-order chi connectivity index (χ1) is 9.21. The van der Waals surface area contributed by atoms with Crippen molar-refractivity contribution in [2.24, 2.45) is 10.5 Å². The molecule has 0 saturated carbocycles. The van der Waals surface area contributed by atoms with E-state index < -0.39 is 5.41 Å². The molecule has 1 aromatic carbocycles. The quantitative estimate of drug-likeness (QED) is 0.816. The fourth-order valence-corrected chi connectivity index (χ4v) is 2.61. The molecule has 2 heterocycles. The highest BCUT2D eigenvalue weighted by Crippen LogP contribution is 2.32. The third-order valence-electron chi connectivity index (χ3n) is 3.89. The van der Waals surface area contributed by atoms with Crippen LogP contribution in [0.5, 0.6) is 0 Å². The lowest BCUT2D eigenvalue weighted by atomic mass is 9.79. The number of benzene rings is 1. The summed E-state index contributed by atoms with van der Waals surface area (Å²) in [4.78, 5) is 25.8. The lowest BCUT2D eigenvalue weighted by Gasteiger charge is -2.35. The van der Waals surface area contributed by atoms with Crippen LogP contribution in [0.1, 0.15) is 23.2 Å². The standard InChI is InChI=1S/C14H15N3O2/c18-12(11-4-2-1-3-5-11)17-8-6-14(7-9-17)10-15-16-13(14)19/h1-5,10H,6-9H2,(H,16,19). The van der Waals surface area contributed by atoms with Gasteiger partial charge >= 0.3 is 0 Å². The Labute approximate surface area is 111 Å². The van der Waals surface area contributed by atoms with Gasteiger partial charge < -0.3 is 4.90 Å². The van der Waals surface area contributed by atoms with Crippen molar-refractivity contribution in [1.82, 2.24) is 10.3 Å². The van der Waals surface area contributed by atoms with Crippen LogP contribution in [0, 0.1) is 5.41 Å². The summed E-state index contributed by atoms with van der Waals surface area (Å²) in [5, 5.41) is 3.84. The molecule has 2 aliphatic heterocycles. The predicted molar refractivity (Wildman–Crippen MR) is 70.6 cm³/mol. The second kappa shape index (κ2) is 4.50. The number of hydrogen-bond donors (Lipinski definition) is 1. The van der Waals surface area contributed by atoms with Crippen molar-refractivity contribution in [3.63, 3.8) is 0 Å². The molecule has 1 fully saturated rings. The molecule has 1 saturated heterocycles. The summed E-state index contributed by atoms with van der Waals surface area (Å²) < 4.78 is 0. The zero-order valence-electron chi connectivity index (χ0n) is 10.5. The van der Waals surface area contributed by atoms with E-state index in [4.69, 9.17) is 0 Å². The number of nitrogens with one attached hydrogen (secondary N) is 1. The molecule has 5 nitrogen and oxygen atoms in total. The Balaban J connectivity index is 1.69. The number of piperidine rings is 1. The Bertz CT molecular complexity index is 531. The van der Waals surface area contributed by atoms with Crippen molar-refractivity contribution in [2.75, 3.05) is 13.1 Å². The molecular formula is C14H15N3O2. The van der Waals surface area contributed by atoms with E-state index in [9.17, 15) is 9.59 Å². The number of nitrogens with zero attached hydrogens (tertiary/aromatic N) is 2. The van der Waals surface area contributed by atoms with Crippen LogP contribution >= 0.6 is 0 Å². The predicted octanol–water partition coefficient (Wildman–Crippen LogP) is 1.02. The normalized spacial score (nSPS) is 20.6. The highest BCUT2D eigenvalue weighted by molar-refractivity contribution is 6.02. The van der Waals surface area contributed by atoms with Gasteiger partial charge in [-0.25, -0.2) is 5.43 Å². The van der Waals surface area contributed by atoms with Crippen molar-refractivity contribution < 1.29 is 9.59 Å². The number of amides is 2. The van der Waals surface area contributed by atoms with Crippen molar-refractivity contribution in [1.29, 1.82) is 0 Å². The summed E-state index contributed by atoms with van der Waals surface area (Å²) in [6.07, 6.45) is 2.97. The van der Waals surface area contributed by atoms with Gasteiger partial charge in [-0.1, -0.05) is 18.2 Å². The maximum atomic E-state index is 12.3. The van der Waals surface area contributed by atoms with Crippen molar-refractivity contribution >= 4 is 18.0 Å². The monoisotopic (exact) mass is 257 g/mol. The van der Waals surface area contributed by atoms with Gasteiger partial charge in [0.15, 0.2) is 0 Å². The van der Waals surface area contributed by atoms with Gasteiger partial charge in [-0.3, -0.25) is 9.59 Å². The van der Waals surface area contributed by atoms with Crippen LogP contribution in [-0.4, -0.2) is 36.0 Å². The van der Waals surface area contributed by atoms with Crippen molar-refractivity contribution in [3.8, 4) is 0 Å². The molecule has 1 N–H and O–H groups in total. The van der Waals surface area contributed by atoms with Crippen LogP contribution in [0.4, 0.5) is 0 Å². The molecule has 0 aromatic heterocycles. The van der Waals surface area contributed by atoms with Crippen molar-refractivity contribution in [3.05, 3.63) is 35.9 Å². The first kappa shape index (κ1) is 11.9. The lowest BCUT2D eigenvalue weighted by molar-refractivity contribution is -0.127. The topological polar surface area (TPSA) is 61.8 Å². The molecule has 1 aromatic rings. The molecule has 19 heavy (non-hydrogen) atoms. The molecule has 98 valence electrons. The number of likely N-dealkylation sites (tertiary alicyclic amines) is 1. The molecule has 1 spiro atoms. The summed E-state index contributed by atoms with van der Waals surface area (Å²) in [5.41, 5.74) is 2.69. The molecule has 3 rings (SSSR count). The molecule has 2 amide bonds. The average molecular weight is 257 g/mol. The van der Waals surface area contributed by atoms with Gasteiger partial charge in [0, 0.05) is 24.9 Å². The number of hydrogen-bond acceptors (Lipinski definition) is 3. The first-order valence-corrected chi connectivity index (χ1v) is 6.40. The van der Waals surface area contributed by atoms with E-state index in [1.54, 1.807) is 11.1 Å². The fraction of sp³-hybridized carbons (Fsp3) is 0.357. The lowest BCUT2D eigenvalue weighted by Crippen LogP contribution is -2.47. The van der Waals surface area contributed by atoms with Crippen LogP contribution < -0.4 is 5.43 Å².